The number of hydrogen-bond acceptors (Lipinski definition) is 3. The Morgan fingerprint density at radius 2 is 2.00 bits per heavy atom. The Hall–Kier alpha value is -2.05. The molecule has 0 saturated heterocycles. The van der Waals surface area contributed by atoms with Gasteiger partial charge in [-0.3, -0.25) is 4.79 Å². The van der Waals surface area contributed by atoms with E-state index >= 15 is 0 Å². The summed E-state index contributed by atoms with van der Waals surface area (Å²) in [5, 5.41) is 5.12. The van der Waals surface area contributed by atoms with E-state index < -0.39 is 0 Å². The van der Waals surface area contributed by atoms with E-state index in [4.69, 9.17) is 23.2 Å². The second kappa shape index (κ2) is 9.63. The molecule has 3 rings (SSSR count). The first-order valence-corrected chi connectivity index (χ1v) is 10.6. The highest BCUT2D eigenvalue weighted by Gasteiger charge is 2.32. The largest absolute Gasteiger partial charge is 0.344 e. The maximum atomic E-state index is 12.7. The first-order valence-electron chi connectivity index (χ1n) is 9.89. The molecule has 1 fully saturated rings. The van der Waals surface area contributed by atoms with Gasteiger partial charge in [0.15, 0.2) is 0 Å². The Balaban J connectivity index is 1.63. The van der Waals surface area contributed by atoms with Crippen LogP contribution in [0.2, 0.25) is 10.0 Å². The smallest absolute Gasteiger partial charge is 0.336 e. The van der Waals surface area contributed by atoms with Gasteiger partial charge in [0.1, 0.15) is 0 Å². The van der Waals surface area contributed by atoms with Crippen LogP contribution < -0.4 is 0 Å². The highest BCUT2D eigenvalue weighted by molar-refractivity contribution is 6.31. The van der Waals surface area contributed by atoms with Crippen LogP contribution in [-0.4, -0.2) is 50.6 Å². The summed E-state index contributed by atoms with van der Waals surface area (Å²) in [4.78, 5) is 28.7. The normalized spacial score (nSPS) is 18.6. The summed E-state index contributed by atoms with van der Waals surface area (Å²) in [5.41, 5.74) is 0.953. The third kappa shape index (κ3) is 5.31. The van der Waals surface area contributed by atoms with Crippen molar-refractivity contribution in [3.63, 3.8) is 0 Å². The number of carbonyl (C=O) groups is 2. The first-order chi connectivity index (χ1) is 13.9. The number of benzene rings is 1. The molecule has 1 saturated carbocycles. The third-order valence-electron chi connectivity index (χ3n) is 5.54. The number of carbonyl (C=O) groups excluding carboxylic acids is 2. The Kier molecular flexibility index (Phi) is 7.19. The van der Waals surface area contributed by atoms with Crippen molar-refractivity contribution >= 4 is 35.1 Å². The average molecular weight is 437 g/mol. The molecule has 1 aromatic carbocycles. The number of hydrogen-bond donors (Lipinski definition) is 0. The quantitative estimate of drug-likeness (QED) is 0.659. The molecule has 0 unspecified atom stereocenters. The predicted octanol–water partition coefficient (Wildman–Crippen LogP) is 4.70. The van der Waals surface area contributed by atoms with Crippen molar-refractivity contribution in [1.29, 1.82) is 0 Å². The molecule has 0 spiro atoms. The summed E-state index contributed by atoms with van der Waals surface area (Å²) in [6, 6.07) is 7.60. The van der Waals surface area contributed by atoms with Gasteiger partial charge in [0, 0.05) is 37.6 Å². The lowest BCUT2D eigenvalue weighted by atomic mass is 10.1. The van der Waals surface area contributed by atoms with Crippen molar-refractivity contribution < 1.29 is 9.59 Å². The fraction of sp³-hybridized carbons (Fsp3) is 0.476. The number of nitrogens with zero attached hydrogens (tertiary/aromatic N) is 4. The minimum atomic E-state index is -0.178. The van der Waals surface area contributed by atoms with Crippen LogP contribution >= 0.6 is 23.2 Å². The molecular weight excluding hydrogens is 411 g/mol. The minimum Gasteiger partial charge on any atom is -0.336 e. The van der Waals surface area contributed by atoms with Crippen LogP contribution in [0.3, 0.4) is 0 Å². The zero-order chi connectivity index (χ0) is 21.0. The molecule has 156 valence electrons. The number of rotatable bonds is 6. The van der Waals surface area contributed by atoms with Crippen molar-refractivity contribution in [2.24, 2.45) is 5.92 Å². The van der Waals surface area contributed by atoms with Crippen molar-refractivity contribution in [1.82, 2.24) is 19.6 Å². The van der Waals surface area contributed by atoms with Crippen LogP contribution in [0.1, 0.15) is 38.7 Å². The molecule has 2 aromatic rings. The van der Waals surface area contributed by atoms with Crippen molar-refractivity contribution in [3.05, 3.63) is 52.3 Å². The second-order valence-corrected chi connectivity index (χ2v) is 8.34. The fourth-order valence-electron chi connectivity index (χ4n) is 4.01. The minimum absolute atomic E-state index is 0.0465. The van der Waals surface area contributed by atoms with Gasteiger partial charge in [0.05, 0.1) is 17.4 Å². The van der Waals surface area contributed by atoms with Gasteiger partial charge in [-0.15, -0.1) is 0 Å². The number of aromatic nitrogens is 2. The molecule has 1 heterocycles. The predicted molar refractivity (Wildman–Crippen MR) is 114 cm³/mol. The van der Waals surface area contributed by atoms with Crippen molar-refractivity contribution in [2.45, 2.75) is 45.7 Å². The molecule has 0 N–H and O–H groups in total. The molecule has 1 aliphatic rings. The number of halogens is 2. The molecule has 8 heteroatoms. The van der Waals surface area contributed by atoms with Crippen LogP contribution in [0.5, 0.6) is 0 Å². The highest BCUT2D eigenvalue weighted by Crippen LogP contribution is 2.32. The van der Waals surface area contributed by atoms with Crippen LogP contribution in [0.4, 0.5) is 4.79 Å². The Morgan fingerprint density at radius 3 is 2.62 bits per heavy atom. The van der Waals surface area contributed by atoms with Crippen LogP contribution in [0.15, 0.2) is 36.7 Å². The molecule has 2 atom stereocenters. The zero-order valence-corrected chi connectivity index (χ0v) is 18.2. The van der Waals surface area contributed by atoms with Gasteiger partial charge < -0.3 is 9.80 Å². The third-order valence-corrected chi connectivity index (χ3v) is 6.10. The van der Waals surface area contributed by atoms with Gasteiger partial charge in [-0.25, -0.2) is 4.79 Å². The molecule has 0 aliphatic heterocycles. The van der Waals surface area contributed by atoms with Crippen LogP contribution in [-0.2, 0) is 11.3 Å². The molecule has 6 nitrogen and oxygen atoms in total. The second-order valence-electron chi connectivity index (χ2n) is 7.50. The van der Waals surface area contributed by atoms with E-state index in [9.17, 15) is 9.59 Å². The summed E-state index contributed by atoms with van der Waals surface area (Å²) in [6.45, 7) is 5.30. The molecule has 2 amide bonds. The van der Waals surface area contributed by atoms with Crippen molar-refractivity contribution in [2.75, 3.05) is 13.1 Å². The summed E-state index contributed by atoms with van der Waals surface area (Å²) in [5.74, 6) is 0.383. The molecule has 1 aromatic heterocycles. The molecule has 0 radical (unpaired) electrons. The Bertz CT molecular complexity index is 870. The van der Waals surface area contributed by atoms with E-state index in [0.29, 0.717) is 35.6 Å². The van der Waals surface area contributed by atoms with Gasteiger partial charge in [-0.05, 0) is 43.7 Å². The summed E-state index contributed by atoms with van der Waals surface area (Å²) < 4.78 is 1.28. The van der Waals surface area contributed by atoms with Crippen LogP contribution in [0, 0.1) is 5.92 Å². The molecule has 29 heavy (non-hydrogen) atoms. The summed E-state index contributed by atoms with van der Waals surface area (Å²) in [6.07, 6.45) is 5.74. The van der Waals surface area contributed by atoms with Gasteiger partial charge in [0.2, 0.25) is 5.91 Å². The monoisotopic (exact) mass is 436 g/mol. The lowest BCUT2D eigenvalue weighted by Gasteiger charge is -2.29. The molecular formula is C21H26Cl2N4O2. The van der Waals surface area contributed by atoms with E-state index in [1.54, 1.807) is 11.8 Å². The first kappa shape index (κ1) is 21.7. The highest BCUT2D eigenvalue weighted by atomic mass is 35.5. The molecule has 1 aliphatic carbocycles. The zero-order valence-electron chi connectivity index (χ0n) is 16.7. The average Bonchev–Trinajstić information content (AvgIpc) is 3.33. The van der Waals surface area contributed by atoms with Gasteiger partial charge in [0.25, 0.3) is 0 Å². The summed E-state index contributed by atoms with van der Waals surface area (Å²) >= 11 is 12.2. The van der Waals surface area contributed by atoms with E-state index in [2.05, 4.69) is 5.10 Å². The van der Waals surface area contributed by atoms with Crippen molar-refractivity contribution in [3.8, 4) is 0 Å². The van der Waals surface area contributed by atoms with Gasteiger partial charge in [-0.2, -0.15) is 9.78 Å². The fourth-order valence-corrected chi connectivity index (χ4v) is 4.34. The van der Waals surface area contributed by atoms with Crippen LogP contribution in [0.25, 0.3) is 0 Å². The van der Waals surface area contributed by atoms with Gasteiger partial charge in [-0.1, -0.05) is 41.4 Å². The maximum absolute atomic E-state index is 12.7. The Labute approximate surface area is 181 Å². The van der Waals surface area contributed by atoms with E-state index in [0.717, 1.165) is 24.8 Å². The lowest BCUT2D eigenvalue weighted by Crippen LogP contribution is -2.39. The van der Waals surface area contributed by atoms with E-state index in [1.807, 2.05) is 36.1 Å². The standard InChI is InChI=1S/C21H26Cl2N4O2/c1-3-25(21(29)27-14-18(22)11-24-27)12-16-8-9-19(10-16)26(15(2)28)13-17-6-4-5-7-20(17)23/h4-7,11,14,16,19H,3,8-10,12-13H2,1-2H3/t16-,19+/m0/s1. The van der Waals surface area contributed by atoms with Gasteiger partial charge >= 0.3 is 6.03 Å². The summed E-state index contributed by atoms with van der Waals surface area (Å²) in [7, 11) is 0. The van der Waals surface area contributed by atoms with E-state index in [-0.39, 0.29) is 18.0 Å². The molecule has 0 bridgehead atoms. The van der Waals surface area contributed by atoms with E-state index in [1.165, 1.54) is 17.1 Å². The lowest BCUT2D eigenvalue weighted by molar-refractivity contribution is -0.131. The number of amides is 2. The SMILES string of the molecule is CCN(C[C@H]1CC[C@@H](N(Cc2ccccc2Cl)C(C)=O)C1)C(=O)n1cc(Cl)cn1. The topological polar surface area (TPSA) is 58.4 Å². The maximum Gasteiger partial charge on any atom is 0.344 e. The Morgan fingerprint density at radius 1 is 1.24 bits per heavy atom.